The highest BCUT2D eigenvalue weighted by Crippen LogP contribution is 2.26. The van der Waals surface area contributed by atoms with Gasteiger partial charge in [-0.25, -0.2) is 4.39 Å². The fraction of sp³-hybridized carbons (Fsp3) is 0.562. The van der Waals surface area contributed by atoms with Crippen LogP contribution in [-0.4, -0.2) is 5.78 Å². The van der Waals surface area contributed by atoms with Gasteiger partial charge in [-0.15, -0.1) is 0 Å². The van der Waals surface area contributed by atoms with Crippen molar-refractivity contribution in [2.24, 2.45) is 5.92 Å². The summed E-state index contributed by atoms with van der Waals surface area (Å²) in [5, 5.41) is 0. The van der Waals surface area contributed by atoms with Gasteiger partial charge in [0.2, 0.25) is 0 Å². The Bertz CT molecular complexity index is 417. The van der Waals surface area contributed by atoms with Gasteiger partial charge < -0.3 is 0 Å². The summed E-state index contributed by atoms with van der Waals surface area (Å²) in [7, 11) is 0. The van der Waals surface area contributed by atoms with E-state index in [1.807, 2.05) is 6.92 Å². The number of halogens is 1. The molecule has 1 aliphatic carbocycles. The highest BCUT2D eigenvalue weighted by Gasteiger charge is 2.22. The highest BCUT2D eigenvalue weighted by atomic mass is 19.1. The third kappa shape index (κ3) is 3.18. The molecular formula is C16H21FO. The number of benzene rings is 1. The molecule has 0 saturated heterocycles. The van der Waals surface area contributed by atoms with E-state index in [2.05, 4.69) is 0 Å². The first-order valence-corrected chi connectivity index (χ1v) is 6.99. The predicted octanol–water partition coefficient (Wildman–Crippen LogP) is 4.68. The van der Waals surface area contributed by atoms with Crippen LogP contribution in [0.1, 0.15) is 60.9 Å². The van der Waals surface area contributed by atoms with Gasteiger partial charge in [-0.05, 0) is 37.5 Å². The first-order valence-electron chi connectivity index (χ1n) is 6.99. The number of hydrogen-bond donors (Lipinski definition) is 0. The van der Waals surface area contributed by atoms with Crippen LogP contribution in [0, 0.1) is 18.7 Å². The molecule has 0 amide bonds. The highest BCUT2D eigenvalue weighted by molar-refractivity contribution is 5.99. The molecule has 0 unspecified atom stereocenters. The van der Waals surface area contributed by atoms with Crippen LogP contribution in [-0.2, 0) is 0 Å². The molecule has 1 aromatic carbocycles. The number of ketones is 1. The second-order valence-corrected chi connectivity index (χ2v) is 5.37. The molecule has 0 bridgehead atoms. The molecule has 1 aliphatic rings. The molecule has 2 heteroatoms. The largest absolute Gasteiger partial charge is 0.294 e. The Morgan fingerprint density at radius 3 is 2.39 bits per heavy atom. The molecule has 0 N–H and O–H groups in total. The Hall–Kier alpha value is -1.18. The van der Waals surface area contributed by atoms with E-state index in [4.69, 9.17) is 0 Å². The van der Waals surface area contributed by atoms with E-state index in [9.17, 15) is 9.18 Å². The van der Waals surface area contributed by atoms with Crippen LogP contribution in [0.25, 0.3) is 0 Å². The topological polar surface area (TPSA) is 17.1 Å². The minimum atomic E-state index is -0.310. The molecule has 18 heavy (non-hydrogen) atoms. The van der Waals surface area contributed by atoms with Gasteiger partial charge in [-0.3, -0.25) is 4.79 Å². The summed E-state index contributed by atoms with van der Waals surface area (Å²) in [6.07, 6.45) is 7.94. The molecule has 98 valence electrons. The summed E-state index contributed by atoms with van der Waals surface area (Å²) in [6.45, 7) is 1.88. The lowest BCUT2D eigenvalue weighted by Crippen LogP contribution is -2.17. The SMILES string of the molecule is Cc1ccc(F)cc1C(=O)C1CCCCCCC1. The summed E-state index contributed by atoms with van der Waals surface area (Å²) in [5.41, 5.74) is 1.48. The zero-order valence-corrected chi connectivity index (χ0v) is 11.0. The standard InChI is InChI=1S/C16H21FO/c1-12-9-10-14(17)11-15(12)16(18)13-7-5-3-2-4-6-8-13/h9-11,13H,2-8H2,1H3. The van der Waals surface area contributed by atoms with Crippen LogP contribution in [0.5, 0.6) is 0 Å². The zero-order chi connectivity index (χ0) is 13.0. The van der Waals surface area contributed by atoms with Crippen molar-refractivity contribution in [2.45, 2.75) is 51.9 Å². The van der Waals surface area contributed by atoms with Crippen molar-refractivity contribution >= 4 is 5.78 Å². The predicted molar refractivity (Wildman–Crippen MR) is 71.3 cm³/mol. The van der Waals surface area contributed by atoms with Crippen molar-refractivity contribution in [3.63, 3.8) is 0 Å². The summed E-state index contributed by atoms with van der Waals surface area (Å²) < 4.78 is 13.3. The monoisotopic (exact) mass is 248 g/mol. The molecule has 0 radical (unpaired) electrons. The minimum Gasteiger partial charge on any atom is -0.294 e. The summed E-state index contributed by atoms with van der Waals surface area (Å²) >= 11 is 0. The number of hydrogen-bond acceptors (Lipinski definition) is 1. The zero-order valence-electron chi connectivity index (χ0n) is 11.0. The van der Waals surface area contributed by atoms with Gasteiger partial charge in [0.1, 0.15) is 5.82 Å². The maximum atomic E-state index is 13.3. The molecular weight excluding hydrogens is 227 g/mol. The molecule has 2 rings (SSSR count). The van der Waals surface area contributed by atoms with Crippen molar-refractivity contribution in [3.8, 4) is 0 Å². The van der Waals surface area contributed by atoms with Crippen molar-refractivity contribution < 1.29 is 9.18 Å². The van der Waals surface area contributed by atoms with Crippen LogP contribution >= 0.6 is 0 Å². The number of carbonyl (C=O) groups is 1. The Morgan fingerprint density at radius 1 is 1.11 bits per heavy atom. The van der Waals surface area contributed by atoms with E-state index in [0.717, 1.165) is 31.2 Å². The van der Waals surface area contributed by atoms with E-state index in [0.29, 0.717) is 5.56 Å². The fourth-order valence-electron chi connectivity index (χ4n) is 2.80. The molecule has 1 saturated carbocycles. The lowest BCUT2D eigenvalue weighted by Gasteiger charge is -2.19. The maximum absolute atomic E-state index is 13.3. The van der Waals surface area contributed by atoms with Crippen molar-refractivity contribution in [1.82, 2.24) is 0 Å². The van der Waals surface area contributed by atoms with Gasteiger partial charge in [0.15, 0.2) is 5.78 Å². The van der Waals surface area contributed by atoms with Gasteiger partial charge in [-0.1, -0.05) is 38.2 Å². The lowest BCUT2D eigenvalue weighted by molar-refractivity contribution is 0.0897. The van der Waals surface area contributed by atoms with Crippen LogP contribution in [0.3, 0.4) is 0 Å². The van der Waals surface area contributed by atoms with Gasteiger partial charge >= 0.3 is 0 Å². The summed E-state index contributed by atoms with van der Waals surface area (Å²) in [5.74, 6) is -0.0607. The number of aryl methyl sites for hydroxylation is 1. The van der Waals surface area contributed by atoms with Gasteiger partial charge in [-0.2, -0.15) is 0 Å². The van der Waals surface area contributed by atoms with Crippen molar-refractivity contribution in [1.29, 1.82) is 0 Å². The molecule has 0 heterocycles. The van der Waals surface area contributed by atoms with E-state index >= 15 is 0 Å². The quantitative estimate of drug-likeness (QED) is 0.695. The molecule has 1 nitrogen and oxygen atoms in total. The van der Waals surface area contributed by atoms with Crippen LogP contribution in [0.4, 0.5) is 4.39 Å². The summed E-state index contributed by atoms with van der Waals surface area (Å²) in [6, 6.07) is 4.52. The number of carbonyl (C=O) groups excluding carboxylic acids is 1. The molecule has 1 fully saturated rings. The molecule has 0 aromatic heterocycles. The van der Waals surface area contributed by atoms with Crippen LogP contribution < -0.4 is 0 Å². The smallest absolute Gasteiger partial charge is 0.166 e. The van der Waals surface area contributed by atoms with Crippen LogP contribution in [0.2, 0.25) is 0 Å². The second kappa shape index (κ2) is 6.12. The average molecular weight is 248 g/mol. The number of Topliss-reactive ketones (excluding diaryl/α,β-unsaturated/α-hetero) is 1. The van der Waals surface area contributed by atoms with Gasteiger partial charge in [0, 0.05) is 11.5 Å². The first-order chi connectivity index (χ1) is 8.68. The minimum absolute atomic E-state index is 0.103. The van der Waals surface area contributed by atoms with Crippen LogP contribution in [0.15, 0.2) is 18.2 Å². The Morgan fingerprint density at radius 2 is 1.72 bits per heavy atom. The van der Waals surface area contributed by atoms with Gasteiger partial charge in [0.25, 0.3) is 0 Å². The number of rotatable bonds is 2. The third-order valence-corrected chi connectivity index (χ3v) is 3.94. The van der Waals surface area contributed by atoms with E-state index in [-0.39, 0.29) is 17.5 Å². The molecule has 0 atom stereocenters. The Balaban J connectivity index is 2.15. The molecule has 0 spiro atoms. The van der Waals surface area contributed by atoms with Crippen molar-refractivity contribution in [3.05, 3.63) is 35.1 Å². The maximum Gasteiger partial charge on any atom is 0.166 e. The molecule has 1 aromatic rings. The fourth-order valence-corrected chi connectivity index (χ4v) is 2.80. The first kappa shape index (κ1) is 13.3. The lowest BCUT2D eigenvalue weighted by atomic mass is 9.84. The third-order valence-electron chi connectivity index (χ3n) is 3.94. The second-order valence-electron chi connectivity index (χ2n) is 5.37. The van der Waals surface area contributed by atoms with E-state index in [1.165, 1.54) is 31.4 Å². The van der Waals surface area contributed by atoms with E-state index < -0.39 is 0 Å². The Kier molecular flexibility index (Phi) is 4.51. The van der Waals surface area contributed by atoms with E-state index in [1.54, 1.807) is 6.07 Å². The average Bonchev–Trinajstić information content (AvgIpc) is 2.31. The van der Waals surface area contributed by atoms with Crippen molar-refractivity contribution in [2.75, 3.05) is 0 Å². The van der Waals surface area contributed by atoms with Gasteiger partial charge in [0.05, 0.1) is 0 Å². The normalized spacial score (nSPS) is 18.1. The summed E-state index contributed by atoms with van der Waals surface area (Å²) in [4.78, 5) is 12.5. The Labute approximate surface area is 108 Å². The molecule has 0 aliphatic heterocycles.